The summed E-state index contributed by atoms with van der Waals surface area (Å²) >= 11 is 0. The topological polar surface area (TPSA) is 141 Å². The Kier molecular flexibility index (Phi) is 6.49. The fourth-order valence-corrected chi connectivity index (χ4v) is 5.04. The molecule has 1 heterocycles. The Morgan fingerprint density at radius 2 is 1.65 bits per heavy atom. The third-order valence-corrected chi connectivity index (χ3v) is 7.67. The highest BCUT2D eigenvalue weighted by atomic mass is 35.5. The van der Waals surface area contributed by atoms with Crippen molar-refractivity contribution in [2.45, 2.75) is 24.3 Å². The van der Waals surface area contributed by atoms with Crippen LogP contribution >= 0.6 is 15.2 Å². The summed E-state index contributed by atoms with van der Waals surface area (Å²) in [5, 5.41) is -2.78. The first-order chi connectivity index (χ1) is 8.29. The van der Waals surface area contributed by atoms with Gasteiger partial charge in [0.2, 0.25) is 5.02 Å². The van der Waals surface area contributed by atoms with Crippen LogP contribution < -0.4 is 18.1 Å². The van der Waals surface area contributed by atoms with Gasteiger partial charge in [0.1, 0.15) is 0 Å². The molecule has 8 nitrogen and oxygen atoms in total. The van der Waals surface area contributed by atoms with Crippen molar-refractivity contribution in [2.24, 2.45) is 11.7 Å². The molecule has 11 heteroatoms. The number of rotatable bonds is 4. The van der Waals surface area contributed by atoms with Crippen LogP contribution in [0.3, 0.4) is 0 Å². The average molecular weight is 353 g/mol. The van der Waals surface area contributed by atoms with E-state index < -0.39 is 20.2 Å². The largest absolute Gasteiger partial charge is 1.00 e. The number of halogens is 1. The Bertz CT molecular complexity index is 412. The number of hydrogen-bond acceptors (Lipinski definition) is 3. The lowest BCUT2D eigenvalue weighted by molar-refractivity contribution is -0.898. The van der Waals surface area contributed by atoms with Crippen molar-refractivity contribution in [3.8, 4) is 0 Å². The van der Waals surface area contributed by atoms with Gasteiger partial charge in [-0.2, -0.15) is 0 Å². The van der Waals surface area contributed by atoms with E-state index in [1.54, 1.807) is 0 Å². The van der Waals surface area contributed by atoms with E-state index in [-0.39, 0.29) is 24.7 Å². The van der Waals surface area contributed by atoms with Gasteiger partial charge in [0.25, 0.3) is 0 Å². The van der Waals surface area contributed by atoms with Crippen LogP contribution in [0.5, 0.6) is 0 Å². The summed E-state index contributed by atoms with van der Waals surface area (Å²) in [5.74, 6) is -0.214. The summed E-state index contributed by atoms with van der Waals surface area (Å²) < 4.78 is 23.5. The van der Waals surface area contributed by atoms with Crippen molar-refractivity contribution in [3.05, 3.63) is 0 Å². The number of piperidine rings is 1. The minimum Gasteiger partial charge on any atom is -1.00 e. The molecule has 0 bridgehead atoms. The van der Waals surface area contributed by atoms with E-state index >= 15 is 0 Å². The van der Waals surface area contributed by atoms with Crippen LogP contribution in [0, 0.1) is 5.92 Å². The molecule has 0 saturated carbocycles. The fourth-order valence-electron chi connectivity index (χ4n) is 2.69. The lowest BCUT2D eigenvalue weighted by atomic mass is 9.93. The van der Waals surface area contributed by atoms with Gasteiger partial charge in [-0.25, -0.2) is 0 Å². The maximum atomic E-state index is 11.4. The molecule has 0 radical (unpaired) electrons. The molecule has 6 N–H and O–H groups in total. The van der Waals surface area contributed by atoms with Gasteiger partial charge >= 0.3 is 15.2 Å². The second-order valence-corrected chi connectivity index (χ2v) is 10.1. The highest BCUT2D eigenvalue weighted by Crippen LogP contribution is 2.68. The van der Waals surface area contributed by atoms with Crippen LogP contribution in [0.1, 0.15) is 19.3 Å². The third kappa shape index (κ3) is 4.50. The van der Waals surface area contributed by atoms with Crippen molar-refractivity contribution < 1.29 is 45.6 Å². The minimum absolute atomic E-state index is 0. The van der Waals surface area contributed by atoms with Crippen molar-refractivity contribution in [3.63, 3.8) is 0 Å². The first-order valence-electron chi connectivity index (χ1n) is 6.01. The molecule has 0 spiro atoms. The quantitative estimate of drug-likeness (QED) is 0.265. The fraction of sp³-hybridized carbons (Fsp3) is 1.00. The molecule has 1 rings (SSSR count). The summed E-state index contributed by atoms with van der Waals surface area (Å²) in [7, 11) is -6.28. The van der Waals surface area contributed by atoms with E-state index in [2.05, 4.69) is 0 Å². The Hall–Kier alpha value is 0.510. The lowest BCUT2D eigenvalue weighted by Gasteiger charge is -2.41. The van der Waals surface area contributed by atoms with E-state index in [0.29, 0.717) is 17.4 Å². The molecular formula is C9H23ClN2O6P2. The Labute approximate surface area is 124 Å². The normalized spacial score (nSPS) is 24.1. The second-order valence-electron chi connectivity index (χ2n) is 6.02. The van der Waals surface area contributed by atoms with Gasteiger partial charge < -0.3 is 42.2 Å². The summed E-state index contributed by atoms with van der Waals surface area (Å²) in [4.78, 5) is 36.9. The molecule has 0 aromatic rings. The van der Waals surface area contributed by atoms with Gasteiger partial charge in [-0.15, -0.1) is 0 Å². The average Bonchev–Trinajstić information content (AvgIpc) is 2.11. The highest BCUT2D eigenvalue weighted by molar-refractivity contribution is 7.72. The third-order valence-electron chi connectivity index (χ3n) is 3.73. The van der Waals surface area contributed by atoms with Crippen LogP contribution in [0.2, 0.25) is 0 Å². The zero-order valence-corrected chi connectivity index (χ0v) is 14.1. The standard InChI is InChI=1S/C9H22N2O6P2.ClH/c1-11(2)5-3-4-8(7-11)6-9(10,18(12,13)14)19(15,16)17;/h8H,3-7,10H2,1-2H3,(H3-,12,13,14,15,16,17);1H. The maximum absolute atomic E-state index is 11.4. The highest BCUT2D eigenvalue weighted by Gasteiger charge is 2.58. The van der Waals surface area contributed by atoms with Crippen molar-refractivity contribution >= 4 is 15.2 Å². The predicted molar refractivity (Wildman–Crippen MR) is 70.2 cm³/mol. The Balaban J connectivity index is 0.00000361. The van der Waals surface area contributed by atoms with E-state index in [4.69, 9.17) is 5.73 Å². The number of quaternary nitrogens is 1. The number of nitrogens with zero attached hydrogens (tertiary/aromatic N) is 1. The lowest BCUT2D eigenvalue weighted by Crippen LogP contribution is -3.00. The minimum atomic E-state index is -5.11. The molecule has 0 amide bonds. The Morgan fingerprint density at radius 1 is 1.20 bits per heavy atom. The van der Waals surface area contributed by atoms with Gasteiger partial charge in [0.05, 0.1) is 27.2 Å². The molecule has 1 aliphatic heterocycles. The summed E-state index contributed by atoms with van der Waals surface area (Å²) in [6.45, 7) is 1.53. The SMILES string of the molecule is C[N+]1(C)CCCC(CC(N)(P(=O)(O)O)P(=O)(O)O)C1.[Cl-]. The van der Waals surface area contributed by atoms with Crippen molar-refractivity contribution in [2.75, 3.05) is 27.2 Å². The summed E-state index contributed by atoms with van der Waals surface area (Å²) in [6.07, 6.45) is 1.14. The number of hydrogen-bond donors (Lipinski definition) is 5. The molecule has 1 atom stereocenters. The molecule has 0 aliphatic carbocycles. The second kappa shape index (κ2) is 6.32. The van der Waals surface area contributed by atoms with Crippen molar-refractivity contribution in [1.82, 2.24) is 0 Å². The summed E-state index contributed by atoms with van der Waals surface area (Å²) in [5.41, 5.74) is 5.44. The maximum Gasteiger partial charge on any atom is 0.357 e. The van der Waals surface area contributed by atoms with Crippen molar-refractivity contribution in [1.29, 1.82) is 0 Å². The molecule has 0 aromatic heterocycles. The molecule has 1 saturated heterocycles. The number of nitrogens with two attached hydrogens (primary N) is 1. The zero-order valence-electron chi connectivity index (χ0n) is 11.5. The van der Waals surface area contributed by atoms with E-state index in [0.717, 1.165) is 13.0 Å². The van der Waals surface area contributed by atoms with Gasteiger partial charge in [-0.05, 0) is 19.3 Å². The first-order valence-corrected chi connectivity index (χ1v) is 9.23. The smallest absolute Gasteiger partial charge is 0.357 e. The molecular weight excluding hydrogens is 330 g/mol. The van der Waals surface area contributed by atoms with Gasteiger partial charge in [-0.1, -0.05) is 0 Å². The Morgan fingerprint density at radius 3 is 2.00 bits per heavy atom. The van der Waals surface area contributed by atoms with Gasteiger partial charge in [0, 0.05) is 5.92 Å². The molecule has 122 valence electrons. The molecule has 1 fully saturated rings. The molecule has 0 aromatic carbocycles. The number of likely N-dealkylation sites (tertiary alicyclic amines) is 1. The van der Waals surface area contributed by atoms with E-state index in [9.17, 15) is 28.7 Å². The molecule has 1 unspecified atom stereocenters. The zero-order chi connectivity index (χ0) is 15.1. The van der Waals surface area contributed by atoms with Crippen LogP contribution in [0.25, 0.3) is 0 Å². The first kappa shape index (κ1) is 20.5. The summed E-state index contributed by atoms with van der Waals surface area (Å²) in [6, 6.07) is 0. The molecule has 20 heavy (non-hydrogen) atoms. The van der Waals surface area contributed by atoms with Crippen LogP contribution in [-0.2, 0) is 9.13 Å². The monoisotopic (exact) mass is 352 g/mol. The molecule has 1 aliphatic rings. The van der Waals surface area contributed by atoms with E-state index in [1.165, 1.54) is 0 Å². The van der Waals surface area contributed by atoms with Crippen LogP contribution in [-0.4, -0.2) is 56.3 Å². The van der Waals surface area contributed by atoms with Crippen LogP contribution in [0.4, 0.5) is 0 Å². The van der Waals surface area contributed by atoms with Gasteiger partial charge in [-0.3, -0.25) is 9.13 Å². The predicted octanol–water partition coefficient (Wildman–Crippen LogP) is -3.17. The van der Waals surface area contributed by atoms with Gasteiger partial charge in [0.15, 0.2) is 0 Å². The van der Waals surface area contributed by atoms with E-state index in [1.807, 2.05) is 14.1 Å². The van der Waals surface area contributed by atoms with Crippen LogP contribution in [0.15, 0.2) is 0 Å².